The van der Waals surface area contributed by atoms with Gasteiger partial charge in [-0.2, -0.15) is 0 Å². The Morgan fingerprint density at radius 1 is 1.02 bits per heavy atom. The van der Waals surface area contributed by atoms with Crippen LogP contribution in [0.5, 0.6) is 5.75 Å². The van der Waals surface area contributed by atoms with E-state index in [1.807, 2.05) is 44.2 Å². The second-order valence-electron chi connectivity index (χ2n) is 11.2. The van der Waals surface area contributed by atoms with E-state index in [1.54, 1.807) is 12.3 Å². The maximum Gasteiger partial charge on any atom is 0.251 e. The van der Waals surface area contributed by atoms with Crippen molar-refractivity contribution in [2.45, 2.75) is 62.4 Å². The molecule has 0 spiro atoms. The number of sulfone groups is 1. The Bertz CT molecular complexity index is 1850. The first-order valence-electron chi connectivity index (χ1n) is 14.3. The van der Waals surface area contributed by atoms with E-state index >= 15 is 0 Å². The third kappa shape index (κ3) is 5.93. The molecule has 2 aliphatic heterocycles. The minimum Gasteiger partial charge on any atom is -0.486 e. The third-order valence-corrected chi connectivity index (χ3v) is 9.33. The lowest BCUT2D eigenvalue weighted by atomic mass is 10.1. The predicted octanol–water partition coefficient (Wildman–Crippen LogP) is 4.61. The number of halogens is 2. The lowest BCUT2D eigenvalue weighted by Crippen LogP contribution is -2.45. The highest BCUT2D eigenvalue weighted by Gasteiger charge is 2.38. The van der Waals surface area contributed by atoms with Crippen LogP contribution in [0, 0.1) is 5.82 Å². The van der Waals surface area contributed by atoms with Crippen LogP contribution in [0.2, 0.25) is 0 Å². The molecule has 1 saturated heterocycles. The van der Waals surface area contributed by atoms with Crippen LogP contribution in [0.3, 0.4) is 0 Å². The largest absolute Gasteiger partial charge is 0.486 e. The number of anilines is 1. The third-order valence-electron chi connectivity index (χ3n) is 7.55. The van der Waals surface area contributed by atoms with Crippen LogP contribution < -0.4 is 15.0 Å². The molecule has 1 amide bonds. The summed E-state index contributed by atoms with van der Waals surface area (Å²) in [5.74, 6) is -1.56. The fourth-order valence-corrected chi connectivity index (χ4v) is 6.97. The SMILES string of the molecule is CC1CC(F)S(=O)(=O)c2cc(C(=O)NCc3cc4nc(-c5cccc(N6C[C@@H](C)O[C@@H](C)C6)n5)ccc4cn3)cc(F)c2O1. The summed E-state index contributed by atoms with van der Waals surface area (Å²) in [7, 11) is -4.55. The molecule has 44 heavy (non-hydrogen) atoms. The number of hydrogen-bond acceptors (Lipinski definition) is 9. The molecule has 1 N–H and O–H groups in total. The Labute approximate surface area is 253 Å². The van der Waals surface area contributed by atoms with Crippen LogP contribution in [0.1, 0.15) is 43.2 Å². The molecular formula is C31H31F2N5O5S. The number of morpholine rings is 1. The molecule has 0 saturated carbocycles. The normalized spacial score (nSPS) is 23.0. The van der Waals surface area contributed by atoms with Gasteiger partial charge in [0.1, 0.15) is 10.7 Å². The van der Waals surface area contributed by atoms with Gasteiger partial charge in [-0.3, -0.25) is 9.78 Å². The lowest BCUT2D eigenvalue weighted by Gasteiger charge is -2.36. The highest BCUT2D eigenvalue weighted by atomic mass is 32.2. The van der Waals surface area contributed by atoms with Gasteiger partial charge in [-0.25, -0.2) is 27.2 Å². The maximum atomic E-state index is 14.9. The van der Waals surface area contributed by atoms with Crippen molar-refractivity contribution in [3.05, 3.63) is 71.8 Å². The van der Waals surface area contributed by atoms with E-state index < -0.39 is 50.2 Å². The lowest BCUT2D eigenvalue weighted by molar-refractivity contribution is -0.00545. The van der Waals surface area contributed by atoms with Gasteiger partial charge in [-0.15, -0.1) is 0 Å². The van der Waals surface area contributed by atoms with E-state index in [9.17, 15) is 22.0 Å². The molecule has 5 heterocycles. The second kappa shape index (κ2) is 11.7. The van der Waals surface area contributed by atoms with Crippen molar-refractivity contribution in [2.75, 3.05) is 18.0 Å². The van der Waals surface area contributed by atoms with E-state index in [0.717, 1.165) is 36.4 Å². The molecular weight excluding hydrogens is 592 g/mol. The molecule has 0 aliphatic carbocycles. The van der Waals surface area contributed by atoms with Crippen molar-refractivity contribution >= 4 is 32.5 Å². The van der Waals surface area contributed by atoms with Gasteiger partial charge in [0, 0.05) is 36.7 Å². The summed E-state index contributed by atoms with van der Waals surface area (Å²) < 4.78 is 65.9. The number of amides is 1. The van der Waals surface area contributed by atoms with Crippen molar-refractivity contribution < 1.29 is 31.5 Å². The van der Waals surface area contributed by atoms with Crippen LogP contribution in [0.25, 0.3) is 22.3 Å². The van der Waals surface area contributed by atoms with Crippen molar-refractivity contribution in [1.29, 1.82) is 0 Å². The van der Waals surface area contributed by atoms with E-state index in [1.165, 1.54) is 6.92 Å². The molecule has 10 nitrogen and oxygen atoms in total. The fourth-order valence-electron chi connectivity index (χ4n) is 5.48. The summed E-state index contributed by atoms with van der Waals surface area (Å²) in [6.45, 7) is 6.96. The Morgan fingerprint density at radius 2 is 1.77 bits per heavy atom. The number of rotatable bonds is 5. The number of fused-ring (bicyclic) bond motifs is 2. The Balaban J connectivity index is 1.21. The molecule has 1 aromatic carbocycles. The summed E-state index contributed by atoms with van der Waals surface area (Å²) in [5.41, 5.74) is -0.0926. The first kappa shape index (κ1) is 29.8. The number of benzene rings is 1. The number of hydrogen-bond donors (Lipinski definition) is 1. The summed E-state index contributed by atoms with van der Waals surface area (Å²) in [6.07, 6.45) is 0.510. The van der Waals surface area contributed by atoms with Crippen LogP contribution in [0.15, 0.2) is 59.6 Å². The Hall–Kier alpha value is -4.23. The van der Waals surface area contributed by atoms with Crippen molar-refractivity contribution in [3.63, 3.8) is 0 Å². The molecule has 0 bridgehead atoms. The van der Waals surface area contributed by atoms with Gasteiger partial charge in [-0.1, -0.05) is 6.07 Å². The molecule has 230 valence electrons. The maximum absolute atomic E-state index is 14.9. The minimum atomic E-state index is -4.55. The molecule has 1 fully saturated rings. The molecule has 2 unspecified atom stereocenters. The quantitative estimate of drug-likeness (QED) is 0.339. The number of pyridine rings is 3. The number of aromatic nitrogens is 3. The zero-order valence-corrected chi connectivity index (χ0v) is 25.1. The zero-order chi connectivity index (χ0) is 31.2. The molecule has 4 atom stereocenters. The van der Waals surface area contributed by atoms with Gasteiger partial charge >= 0.3 is 0 Å². The van der Waals surface area contributed by atoms with Gasteiger partial charge in [0.25, 0.3) is 5.91 Å². The standard InChI is InChI=1S/C31H31F2N5O5S/c1-17-9-28(33)44(40,41)27-11-21(10-23(32)30(27)43-17)31(39)35-14-22-12-26-20(13-34-22)7-8-25(36-26)24-5-4-6-29(37-24)38-15-18(2)42-19(3)16-38/h4-8,10-13,17-19,28H,9,14-16H2,1-3H3,(H,35,39)/t17?,18-,19+,28?. The summed E-state index contributed by atoms with van der Waals surface area (Å²) in [4.78, 5) is 28.5. The van der Waals surface area contributed by atoms with Crippen molar-refractivity contribution in [3.8, 4) is 17.1 Å². The first-order valence-corrected chi connectivity index (χ1v) is 15.8. The monoisotopic (exact) mass is 623 g/mol. The van der Waals surface area contributed by atoms with E-state index in [-0.39, 0.29) is 24.3 Å². The molecule has 6 rings (SSSR count). The summed E-state index contributed by atoms with van der Waals surface area (Å²) >= 11 is 0. The fraction of sp³-hybridized carbons (Fsp3) is 0.355. The molecule has 4 aromatic rings. The smallest absolute Gasteiger partial charge is 0.251 e. The summed E-state index contributed by atoms with van der Waals surface area (Å²) in [5, 5.41) is 3.40. The van der Waals surface area contributed by atoms with Crippen LogP contribution >= 0.6 is 0 Å². The number of alkyl halides is 1. The van der Waals surface area contributed by atoms with Gasteiger partial charge in [-0.05, 0) is 63.2 Å². The van der Waals surface area contributed by atoms with Crippen LogP contribution in [-0.4, -0.2) is 66.2 Å². The minimum absolute atomic E-state index is 0.0491. The van der Waals surface area contributed by atoms with Gasteiger partial charge in [0.05, 0.1) is 47.5 Å². The number of nitrogens with zero attached hydrogens (tertiary/aromatic N) is 4. The van der Waals surface area contributed by atoms with Crippen LogP contribution in [0.4, 0.5) is 14.6 Å². The number of carbonyl (C=O) groups excluding carboxylic acids is 1. The summed E-state index contributed by atoms with van der Waals surface area (Å²) in [6, 6.07) is 13.1. The van der Waals surface area contributed by atoms with E-state index in [4.69, 9.17) is 19.4 Å². The molecule has 13 heteroatoms. The topological polar surface area (TPSA) is 124 Å². The van der Waals surface area contributed by atoms with Gasteiger partial charge < -0.3 is 19.7 Å². The highest BCUT2D eigenvalue weighted by Crippen LogP contribution is 2.37. The number of carbonyl (C=O) groups is 1. The molecule has 2 aliphatic rings. The van der Waals surface area contributed by atoms with Gasteiger partial charge in [0.2, 0.25) is 15.3 Å². The highest BCUT2D eigenvalue weighted by molar-refractivity contribution is 7.92. The van der Waals surface area contributed by atoms with E-state index in [0.29, 0.717) is 22.6 Å². The zero-order valence-electron chi connectivity index (χ0n) is 24.3. The molecule has 3 aromatic heterocycles. The second-order valence-corrected chi connectivity index (χ2v) is 13.2. The number of ether oxygens (including phenoxy) is 2. The molecule has 0 radical (unpaired) electrons. The van der Waals surface area contributed by atoms with Gasteiger partial charge in [0.15, 0.2) is 11.6 Å². The predicted molar refractivity (Wildman–Crippen MR) is 159 cm³/mol. The van der Waals surface area contributed by atoms with Crippen molar-refractivity contribution in [1.82, 2.24) is 20.3 Å². The van der Waals surface area contributed by atoms with Crippen molar-refractivity contribution in [2.24, 2.45) is 0 Å². The van der Waals surface area contributed by atoms with Crippen LogP contribution in [-0.2, 0) is 21.1 Å². The number of nitrogens with one attached hydrogen (secondary N) is 1. The first-order chi connectivity index (χ1) is 21.0. The average molecular weight is 624 g/mol. The Kier molecular flexibility index (Phi) is 7.93. The van der Waals surface area contributed by atoms with E-state index in [2.05, 4.69) is 15.2 Å². The Morgan fingerprint density at radius 3 is 2.55 bits per heavy atom. The average Bonchev–Trinajstić information content (AvgIpc) is 3.07.